The van der Waals surface area contributed by atoms with E-state index < -0.39 is 0 Å². The summed E-state index contributed by atoms with van der Waals surface area (Å²) in [6, 6.07) is 0. The molecule has 0 aromatic heterocycles. The Labute approximate surface area is 87.1 Å². The van der Waals surface area contributed by atoms with Gasteiger partial charge in [-0.15, -0.1) is 0 Å². The second kappa shape index (κ2) is 7.21. The molecular weight excluding hydrogens is 178 g/mol. The van der Waals surface area contributed by atoms with Crippen LogP contribution in [0.3, 0.4) is 0 Å². The number of likely N-dealkylation sites (tertiary alicyclic amines) is 1. The van der Waals surface area contributed by atoms with Gasteiger partial charge in [0.25, 0.3) is 0 Å². The molecule has 3 heteroatoms. The molecule has 1 fully saturated rings. The summed E-state index contributed by atoms with van der Waals surface area (Å²) in [5.41, 5.74) is 0. The van der Waals surface area contributed by atoms with Crippen molar-refractivity contribution < 1.29 is 9.84 Å². The van der Waals surface area contributed by atoms with Gasteiger partial charge in [-0.2, -0.15) is 0 Å². The van der Waals surface area contributed by atoms with E-state index in [4.69, 9.17) is 9.84 Å². The lowest BCUT2D eigenvalue weighted by Crippen LogP contribution is -2.36. The fourth-order valence-corrected chi connectivity index (χ4v) is 1.96. The second-order valence-electron chi connectivity index (χ2n) is 4.02. The monoisotopic (exact) mass is 201 g/mol. The third-order valence-electron chi connectivity index (χ3n) is 2.90. The molecule has 1 N–H and O–H groups in total. The molecule has 0 saturated carbocycles. The van der Waals surface area contributed by atoms with Crippen LogP contribution in [0.15, 0.2) is 0 Å². The lowest BCUT2D eigenvalue weighted by atomic mass is 9.98. The van der Waals surface area contributed by atoms with Crippen LogP contribution in [-0.2, 0) is 4.74 Å². The summed E-state index contributed by atoms with van der Waals surface area (Å²) in [5.74, 6) is 0.764. The second-order valence-corrected chi connectivity index (χ2v) is 4.02. The number of aliphatic hydroxyl groups is 1. The topological polar surface area (TPSA) is 32.7 Å². The van der Waals surface area contributed by atoms with Gasteiger partial charge >= 0.3 is 0 Å². The minimum atomic E-state index is 0.318. The first-order valence-corrected chi connectivity index (χ1v) is 5.77. The van der Waals surface area contributed by atoms with Crippen molar-refractivity contribution >= 4 is 0 Å². The van der Waals surface area contributed by atoms with Gasteiger partial charge in [0.1, 0.15) is 0 Å². The van der Waals surface area contributed by atoms with Crippen LogP contribution in [0.2, 0.25) is 0 Å². The van der Waals surface area contributed by atoms with Gasteiger partial charge in [-0.25, -0.2) is 0 Å². The third kappa shape index (κ3) is 4.40. The molecule has 1 saturated heterocycles. The minimum Gasteiger partial charge on any atom is -0.396 e. The van der Waals surface area contributed by atoms with Crippen LogP contribution in [0.4, 0.5) is 0 Å². The zero-order valence-electron chi connectivity index (χ0n) is 9.24. The minimum absolute atomic E-state index is 0.318. The van der Waals surface area contributed by atoms with Crippen molar-refractivity contribution in [3.05, 3.63) is 0 Å². The Morgan fingerprint density at radius 3 is 2.64 bits per heavy atom. The van der Waals surface area contributed by atoms with E-state index in [1.807, 2.05) is 0 Å². The van der Waals surface area contributed by atoms with Crippen molar-refractivity contribution in [1.29, 1.82) is 0 Å². The van der Waals surface area contributed by atoms with Gasteiger partial charge in [0.2, 0.25) is 0 Å². The molecule has 0 atom stereocenters. The molecule has 1 aliphatic heterocycles. The molecule has 0 aliphatic carbocycles. The van der Waals surface area contributed by atoms with Gasteiger partial charge < -0.3 is 14.7 Å². The number of aliphatic hydroxyl groups excluding tert-OH is 1. The van der Waals surface area contributed by atoms with Gasteiger partial charge in [-0.05, 0) is 45.2 Å². The first-order valence-electron chi connectivity index (χ1n) is 5.77. The molecule has 0 bridgehead atoms. The Kier molecular flexibility index (Phi) is 6.15. The average molecular weight is 201 g/mol. The van der Waals surface area contributed by atoms with Crippen molar-refractivity contribution in [1.82, 2.24) is 4.90 Å². The van der Waals surface area contributed by atoms with Gasteiger partial charge in [-0.3, -0.25) is 0 Å². The zero-order chi connectivity index (χ0) is 10.2. The smallest absolute Gasteiger partial charge is 0.0495 e. The van der Waals surface area contributed by atoms with Crippen LogP contribution in [0, 0.1) is 5.92 Å². The quantitative estimate of drug-likeness (QED) is 0.699. The average Bonchev–Trinajstić information content (AvgIpc) is 2.25. The van der Waals surface area contributed by atoms with Crippen molar-refractivity contribution in [2.45, 2.75) is 26.2 Å². The van der Waals surface area contributed by atoms with Crippen molar-refractivity contribution in [3.63, 3.8) is 0 Å². The Morgan fingerprint density at radius 2 is 2.07 bits per heavy atom. The highest BCUT2D eigenvalue weighted by molar-refractivity contribution is 4.71. The standard InChI is InChI=1S/C11H23NO2/c1-2-14-10-11-4-7-12(8-5-11)6-3-9-13/h11,13H,2-10H2,1H3. The predicted octanol–water partition coefficient (Wildman–Crippen LogP) is 1.12. The van der Waals surface area contributed by atoms with E-state index in [1.165, 1.54) is 25.9 Å². The molecule has 0 radical (unpaired) electrons. The maximum atomic E-state index is 8.72. The number of ether oxygens (including phenoxy) is 1. The highest BCUT2D eigenvalue weighted by Crippen LogP contribution is 2.17. The maximum absolute atomic E-state index is 8.72. The van der Waals surface area contributed by atoms with Crippen LogP contribution in [-0.4, -0.2) is 49.5 Å². The van der Waals surface area contributed by atoms with Crippen LogP contribution < -0.4 is 0 Å². The number of nitrogens with zero attached hydrogens (tertiary/aromatic N) is 1. The lowest BCUT2D eigenvalue weighted by molar-refractivity contribution is 0.0724. The zero-order valence-corrected chi connectivity index (χ0v) is 9.24. The number of hydrogen-bond acceptors (Lipinski definition) is 3. The Morgan fingerprint density at radius 1 is 1.36 bits per heavy atom. The van der Waals surface area contributed by atoms with Crippen LogP contribution in [0.5, 0.6) is 0 Å². The van der Waals surface area contributed by atoms with Gasteiger partial charge in [0.05, 0.1) is 0 Å². The van der Waals surface area contributed by atoms with E-state index >= 15 is 0 Å². The molecule has 0 aromatic carbocycles. The third-order valence-corrected chi connectivity index (χ3v) is 2.90. The highest BCUT2D eigenvalue weighted by Gasteiger charge is 2.18. The number of piperidine rings is 1. The molecule has 0 spiro atoms. The molecule has 0 amide bonds. The molecule has 0 aromatic rings. The molecule has 84 valence electrons. The van der Waals surface area contributed by atoms with Crippen LogP contribution in [0.1, 0.15) is 26.2 Å². The van der Waals surface area contributed by atoms with Crippen LogP contribution >= 0.6 is 0 Å². The first kappa shape index (κ1) is 12.0. The van der Waals surface area contributed by atoms with Crippen LogP contribution in [0.25, 0.3) is 0 Å². The summed E-state index contributed by atoms with van der Waals surface area (Å²) in [4.78, 5) is 2.44. The van der Waals surface area contributed by atoms with Crippen molar-refractivity contribution in [2.24, 2.45) is 5.92 Å². The maximum Gasteiger partial charge on any atom is 0.0495 e. The summed E-state index contributed by atoms with van der Waals surface area (Å²) in [6.45, 7) is 7.55. The summed E-state index contributed by atoms with van der Waals surface area (Å²) in [5, 5.41) is 8.72. The van der Waals surface area contributed by atoms with E-state index in [0.29, 0.717) is 6.61 Å². The van der Waals surface area contributed by atoms with E-state index in [2.05, 4.69) is 11.8 Å². The molecule has 1 aliphatic rings. The van der Waals surface area contributed by atoms with Crippen molar-refractivity contribution in [2.75, 3.05) is 39.5 Å². The molecule has 0 unspecified atom stereocenters. The SMILES string of the molecule is CCOCC1CCN(CCCO)CC1. The number of rotatable bonds is 6. The Bertz CT molecular complexity index is 117. The first-order chi connectivity index (χ1) is 6.86. The molecule has 1 rings (SSSR count). The molecule has 3 nitrogen and oxygen atoms in total. The largest absolute Gasteiger partial charge is 0.396 e. The summed E-state index contributed by atoms with van der Waals surface area (Å²) < 4.78 is 5.43. The van der Waals surface area contributed by atoms with Gasteiger partial charge in [0.15, 0.2) is 0 Å². The lowest BCUT2D eigenvalue weighted by Gasteiger charge is -2.31. The fraction of sp³-hybridized carbons (Fsp3) is 1.00. The van der Waals surface area contributed by atoms with E-state index in [9.17, 15) is 0 Å². The number of hydrogen-bond donors (Lipinski definition) is 1. The molecule has 1 heterocycles. The summed E-state index contributed by atoms with van der Waals surface area (Å²) in [6.07, 6.45) is 3.42. The van der Waals surface area contributed by atoms with E-state index in [0.717, 1.165) is 32.1 Å². The Hall–Kier alpha value is -0.120. The highest BCUT2D eigenvalue weighted by atomic mass is 16.5. The fourth-order valence-electron chi connectivity index (χ4n) is 1.96. The normalized spacial score (nSPS) is 20.1. The van der Waals surface area contributed by atoms with Gasteiger partial charge in [0, 0.05) is 26.4 Å². The van der Waals surface area contributed by atoms with Gasteiger partial charge in [-0.1, -0.05) is 0 Å². The molecular formula is C11H23NO2. The Balaban J connectivity index is 2.05. The van der Waals surface area contributed by atoms with E-state index in [-0.39, 0.29) is 0 Å². The van der Waals surface area contributed by atoms with E-state index in [1.54, 1.807) is 0 Å². The molecule has 14 heavy (non-hydrogen) atoms. The summed E-state index contributed by atoms with van der Waals surface area (Å²) in [7, 11) is 0. The summed E-state index contributed by atoms with van der Waals surface area (Å²) >= 11 is 0. The predicted molar refractivity (Wildman–Crippen MR) is 57.4 cm³/mol. The van der Waals surface area contributed by atoms with Crippen molar-refractivity contribution in [3.8, 4) is 0 Å².